The van der Waals surface area contributed by atoms with Gasteiger partial charge in [0.25, 0.3) is 0 Å². The van der Waals surface area contributed by atoms with Gasteiger partial charge in [-0.2, -0.15) is 0 Å². The molecule has 86 valence electrons. The van der Waals surface area contributed by atoms with E-state index < -0.39 is 0 Å². The van der Waals surface area contributed by atoms with E-state index in [9.17, 15) is 4.79 Å². The monoisotopic (exact) mass is 346 g/mol. The van der Waals surface area contributed by atoms with Crippen molar-refractivity contribution in [2.24, 2.45) is 5.92 Å². The first-order chi connectivity index (χ1) is 7.61. The number of carbonyl (C=O) groups is 1. The number of alkyl halides is 1. The normalized spacial score (nSPS) is 20.6. The van der Waals surface area contributed by atoms with E-state index in [1.807, 2.05) is 17.9 Å². The lowest BCUT2D eigenvalue weighted by Gasteiger charge is -2.18. The van der Waals surface area contributed by atoms with Crippen LogP contribution in [-0.2, 0) is 4.79 Å². The summed E-state index contributed by atoms with van der Waals surface area (Å²) in [6.45, 7) is 2.71. The molecule has 1 amide bonds. The van der Waals surface area contributed by atoms with Gasteiger partial charge >= 0.3 is 0 Å². The number of anilines is 1. The first-order valence-electron chi connectivity index (χ1n) is 5.10. The second-order valence-electron chi connectivity index (χ2n) is 3.99. The minimum absolute atomic E-state index is 0.187. The van der Waals surface area contributed by atoms with E-state index in [0.29, 0.717) is 12.3 Å². The highest BCUT2D eigenvalue weighted by atomic mass is 79.9. The number of halogens is 2. The summed E-state index contributed by atoms with van der Waals surface area (Å²) in [5.74, 6) is 0.596. The first kappa shape index (κ1) is 12.0. The smallest absolute Gasteiger partial charge is 0.227 e. The fourth-order valence-corrected chi connectivity index (χ4v) is 2.64. The molecular weight excluding hydrogens is 336 g/mol. The Morgan fingerprint density at radius 1 is 1.62 bits per heavy atom. The van der Waals surface area contributed by atoms with Crippen LogP contribution in [0.1, 0.15) is 12.1 Å². The summed E-state index contributed by atoms with van der Waals surface area (Å²) in [5.41, 5.74) is 1.81. The van der Waals surface area contributed by atoms with Crippen LogP contribution in [-0.4, -0.2) is 22.8 Å². The second-order valence-corrected chi connectivity index (χ2v) is 5.55. The van der Waals surface area contributed by atoms with Crippen molar-refractivity contribution in [3.8, 4) is 0 Å². The maximum Gasteiger partial charge on any atom is 0.227 e. The van der Waals surface area contributed by atoms with E-state index in [1.165, 1.54) is 0 Å². The molecule has 0 bridgehead atoms. The number of hydrogen-bond acceptors (Lipinski definition) is 2. The summed E-state index contributed by atoms with van der Waals surface area (Å²) in [5, 5.41) is 0.871. The molecule has 1 saturated heterocycles. The number of carbonyl (C=O) groups excluding carboxylic acids is 1. The Kier molecular flexibility index (Phi) is 3.64. The van der Waals surface area contributed by atoms with Gasteiger partial charge in [0.1, 0.15) is 0 Å². The number of pyridine rings is 1. The van der Waals surface area contributed by atoms with E-state index in [1.54, 1.807) is 6.20 Å². The van der Waals surface area contributed by atoms with Crippen LogP contribution in [0, 0.1) is 12.8 Å². The van der Waals surface area contributed by atoms with Gasteiger partial charge < -0.3 is 4.90 Å². The van der Waals surface area contributed by atoms with Crippen LogP contribution in [0.4, 0.5) is 5.69 Å². The van der Waals surface area contributed by atoms with Gasteiger partial charge in [0.2, 0.25) is 5.91 Å². The van der Waals surface area contributed by atoms with Gasteiger partial charge in [-0.3, -0.25) is 9.78 Å². The van der Waals surface area contributed by atoms with E-state index in [2.05, 4.69) is 36.8 Å². The molecule has 1 aliphatic heterocycles. The van der Waals surface area contributed by atoms with Crippen LogP contribution < -0.4 is 4.90 Å². The SMILES string of the molecule is Cc1ncc(Br)cc1N1CC(CBr)CC1=O. The highest BCUT2D eigenvalue weighted by Gasteiger charge is 2.30. The molecule has 0 radical (unpaired) electrons. The van der Waals surface area contributed by atoms with Crippen LogP contribution in [0.3, 0.4) is 0 Å². The van der Waals surface area contributed by atoms with Crippen molar-refractivity contribution in [3.05, 3.63) is 22.4 Å². The molecule has 1 aromatic heterocycles. The topological polar surface area (TPSA) is 33.2 Å². The molecule has 3 nitrogen and oxygen atoms in total. The highest BCUT2D eigenvalue weighted by Crippen LogP contribution is 2.29. The fraction of sp³-hybridized carbons (Fsp3) is 0.455. The van der Waals surface area contributed by atoms with Crippen LogP contribution in [0.5, 0.6) is 0 Å². The molecule has 0 aliphatic carbocycles. The lowest BCUT2D eigenvalue weighted by Crippen LogP contribution is -2.25. The number of aromatic nitrogens is 1. The zero-order valence-electron chi connectivity index (χ0n) is 8.91. The Morgan fingerprint density at radius 3 is 3.00 bits per heavy atom. The number of rotatable bonds is 2. The van der Waals surface area contributed by atoms with E-state index in [4.69, 9.17) is 0 Å². The minimum atomic E-state index is 0.187. The van der Waals surface area contributed by atoms with Gasteiger partial charge in [0.05, 0.1) is 11.4 Å². The second kappa shape index (κ2) is 4.84. The summed E-state index contributed by atoms with van der Waals surface area (Å²) < 4.78 is 0.906. The van der Waals surface area contributed by atoms with E-state index in [0.717, 1.165) is 27.7 Å². The van der Waals surface area contributed by atoms with Gasteiger partial charge in [-0.25, -0.2) is 0 Å². The first-order valence-corrected chi connectivity index (χ1v) is 7.01. The number of hydrogen-bond donors (Lipinski definition) is 0. The molecule has 1 aliphatic rings. The number of amides is 1. The maximum absolute atomic E-state index is 11.9. The molecule has 0 saturated carbocycles. The Labute approximate surface area is 111 Å². The van der Waals surface area contributed by atoms with Gasteiger partial charge in [-0.15, -0.1) is 0 Å². The predicted molar refractivity (Wildman–Crippen MR) is 70.9 cm³/mol. The van der Waals surface area contributed by atoms with Crippen molar-refractivity contribution in [2.45, 2.75) is 13.3 Å². The minimum Gasteiger partial charge on any atom is -0.310 e. The molecule has 0 spiro atoms. The van der Waals surface area contributed by atoms with Crippen molar-refractivity contribution in [1.29, 1.82) is 0 Å². The van der Waals surface area contributed by atoms with Crippen molar-refractivity contribution < 1.29 is 4.79 Å². The van der Waals surface area contributed by atoms with Crippen LogP contribution >= 0.6 is 31.9 Å². The van der Waals surface area contributed by atoms with Crippen molar-refractivity contribution in [1.82, 2.24) is 4.98 Å². The van der Waals surface area contributed by atoms with Gasteiger partial charge in [-0.05, 0) is 34.8 Å². The number of aryl methyl sites for hydroxylation is 1. The van der Waals surface area contributed by atoms with Crippen LogP contribution in [0.25, 0.3) is 0 Å². The Bertz CT molecular complexity index is 422. The van der Waals surface area contributed by atoms with Crippen LogP contribution in [0.2, 0.25) is 0 Å². The molecule has 2 rings (SSSR count). The maximum atomic E-state index is 11.9. The Hall–Kier alpha value is -0.420. The molecule has 5 heteroatoms. The van der Waals surface area contributed by atoms with Crippen molar-refractivity contribution in [2.75, 3.05) is 16.8 Å². The molecule has 0 aromatic carbocycles. The molecule has 16 heavy (non-hydrogen) atoms. The van der Waals surface area contributed by atoms with Gasteiger partial charge in [0.15, 0.2) is 0 Å². The Balaban J connectivity index is 2.30. The zero-order chi connectivity index (χ0) is 11.7. The third-order valence-electron chi connectivity index (χ3n) is 2.74. The van der Waals surface area contributed by atoms with Gasteiger partial charge in [0, 0.05) is 29.0 Å². The fourth-order valence-electron chi connectivity index (χ4n) is 1.89. The third-order valence-corrected chi connectivity index (χ3v) is 4.09. The van der Waals surface area contributed by atoms with Crippen LogP contribution in [0.15, 0.2) is 16.7 Å². The molecule has 1 atom stereocenters. The highest BCUT2D eigenvalue weighted by molar-refractivity contribution is 9.10. The standard InChI is InChI=1S/C11H12Br2N2O/c1-7-10(3-9(13)5-14-7)15-6-8(4-12)2-11(15)16/h3,5,8H,2,4,6H2,1H3. The van der Waals surface area contributed by atoms with E-state index >= 15 is 0 Å². The lowest BCUT2D eigenvalue weighted by atomic mass is 10.2. The quantitative estimate of drug-likeness (QED) is 0.771. The lowest BCUT2D eigenvalue weighted by molar-refractivity contribution is -0.117. The predicted octanol–water partition coefficient (Wildman–Crippen LogP) is 2.90. The third kappa shape index (κ3) is 2.30. The van der Waals surface area contributed by atoms with Crippen molar-refractivity contribution >= 4 is 43.5 Å². The largest absolute Gasteiger partial charge is 0.310 e. The number of nitrogens with zero attached hydrogens (tertiary/aromatic N) is 2. The zero-order valence-corrected chi connectivity index (χ0v) is 12.1. The molecule has 2 heterocycles. The average molecular weight is 348 g/mol. The molecular formula is C11H12Br2N2O. The molecule has 0 N–H and O–H groups in total. The van der Waals surface area contributed by atoms with E-state index in [-0.39, 0.29) is 5.91 Å². The Morgan fingerprint density at radius 2 is 2.38 bits per heavy atom. The van der Waals surface area contributed by atoms with Crippen molar-refractivity contribution in [3.63, 3.8) is 0 Å². The molecule has 1 aromatic rings. The summed E-state index contributed by atoms with van der Waals surface area (Å²) in [4.78, 5) is 18.0. The summed E-state index contributed by atoms with van der Waals surface area (Å²) in [6, 6.07) is 1.96. The summed E-state index contributed by atoms with van der Waals surface area (Å²) >= 11 is 6.82. The summed E-state index contributed by atoms with van der Waals surface area (Å²) in [7, 11) is 0. The summed E-state index contributed by atoms with van der Waals surface area (Å²) in [6.07, 6.45) is 2.37. The average Bonchev–Trinajstić information content (AvgIpc) is 2.63. The molecule has 1 fully saturated rings. The van der Waals surface area contributed by atoms with Gasteiger partial charge in [-0.1, -0.05) is 15.9 Å². The molecule has 1 unspecified atom stereocenters.